The highest BCUT2D eigenvalue weighted by atomic mass is 32.1. The van der Waals surface area contributed by atoms with Crippen molar-refractivity contribution in [3.8, 4) is 0 Å². The van der Waals surface area contributed by atoms with Crippen LogP contribution in [0.25, 0.3) is 0 Å². The van der Waals surface area contributed by atoms with Gasteiger partial charge in [0.05, 0.1) is 5.92 Å². The first-order valence-electron chi connectivity index (χ1n) is 3.88. The Kier molecular flexibility index (Phi) is 4.93. The highest BCUT2D eigenvalue weighted by Gasteiger charge is 2.25. The van der Waals surface area contributed by atoms with Crippen molar-refractivity contribution in [3.63, 3.8) is 0 Å². The molecule has 3 N–H and O–H groups in total. The molecule has 0 aromatic heterocycles. The number of hydrogen-bond acceptors (Lipinski definition) is 4. The molecule has 0 bridgehead atoms. The third-order valence-corrected chi connectivity index (χ3v) is 1.94. The van der Waals surface area contributed by atoms with Gasteiger partial charge in [-0.1, -0.05) is 12.2 Å². The van der Waals surface area contributed by atoms with Crippen molar-refractivity contribution in [2.24, 2.45) is 11.7 Å². The Labute approximate surface area is 86.3 Å². The van der Waals surface area contributed by atoms with Crippen LogP contribution in [0.5, 0.6) is 0 Å². The van der Waals surface area contributed by atoms with Gasteiger partial charge in [-0.15, -0.1) is 0 Å². The quantitative estimate of drug-likeness (QED) is 0.606. The second kappa shape index (κ2) is 5.43. The summed E-state index contributed by atoms with van der Waals surface area (Å²) in [6.07, 6.45) is -0.471. The van der Waals surface area contributed by atoms with E-state index in [2.05, 4.69) is 0 Å². The molecular weight excluding hydrogens is 206 g/mol. The Balaban J connectivity index is 4.49. The van der Waals surface area contributed by atoms with E-state index in [1.807, 2.05) is 0 Å². The fourth-order valence-corrected chi connectivity index (χ4v) is 1.30. The van der Waals surface area contributed by atoms with Crippen molar-refractivity contribution >= 4 is 34.7 Å². The SMILES string of the molecule is CC(=O)CC(=S)[C@@H](CC(N)=O)C(=O)O. The van der Waals surface area contributed by atoms with Crippen LogP contribution in [0.1, 0.15) is 19.8 Å². The highest BCUT2D eigenvalue weighted by molar-refractivity contribution is 7.80. The summed E-state index contributed by atoms with van der Waals surface area (Å²) in [4.78, 5) is 31.9. The predicted molar refractivity (Wildman–Crippen MR) is 52.8 cm³/mol. The van der Waals surface area contributed by atoms with Gasteiger partial charge in [0.2, 0.25) is 5.91 Å². The third-order valence-electron chi connectivity index (χ3n) is 1.52. The van der Waals surface area contributed by atoms with E-state index in [9.17, 15) is 14.4 Å². The normalized spacial score (nSPS) is 11.8. The first kappa shape index (κ1) is 12.7. The number of primary amides is 1. The lowest BCUT2D eigenvalue weighted by Gasteiger charge is -2.10. The zero-order chi connectivity index (χ0) is 11.3. The summed E-state index contributed by atoms with van der Waals surface area (Å²) >= 11 is 4.74. The lowest BCUT2D eigenvalue weighted by Crippen LogP contribution is -2.29. The Bertz CT molecular complexity index is 287. The van der Waals surface area contributed by atoms with Crippen molar-refractivity contribution < 1.29 is 19.5 Å². The summed E-state index contributed by atoms with van der Waals surface area (Å²) in [6, 6.07) is 0. The molecule has 0 aliphatic carbocycles. The van der Waals surface area contributed by atoms with Gasteiger partial charge in [-0.25, -0.2) is 0 Å². The van der Waals surface area contributed by atoms with E-state index in [1.54, 1.807) is 0 Å². The first-order valence-corrected chi connectivity index (χ1v) is 4.28. The number of carboxylic acid groups (broad SMARTS) is 1. The summed E-state index contributed by atoms with van der Waals surface area (Å²) in [5.74, 6) is -3.34. The second-order valence-electron chi connectivity index (χ2n) is 2.91. The third kappa shape index (κ3) is 4.66. The maximum atomic E-state index is 10.7. The molecule has 78 valence electrons. The number of nitrogens with two attached hydrogens (primary N) is 1. The minimum Gasteiger partial charge on any atom is -0.481 e. The lowest BCUT2D eigenvalue weighted by molar-refractivity contribution is -0.141. The van der Waals surface area contributed by atoms with E-state index in [1.165, 1.54) is 6.92 Å². The van der Waals surface area contributed by atoms with Crippen molar-refractivity contribution in [1.82, 2.24) is 0 Å². The molecule has 0 aliphatic heterocycles. The van der Waals surface area contributed by atoms with Gasteiger partial charge in [0.15, 0.2) is 0 Å². The zero-order valence-corrected chi connectivity index (χ0v) is 8.47. The van der Waals surface area contributed by atoms with Crippen LogP contribution in [0.15, 0.2) is 0 Å². The molecule has 1 amide bonds. The molecule has 0 radical (unpaired) electrons. The minimum atomic E-state index is -1.23. The molecule has 1 atom stereocenters. The molecule has 0 aromatic carbocycles. The van der Waals surface area contributed by atoms with Crippen molar-refractivity contribution in [2.45, 2.75) is 19.8 Å². The van der Waals surface area contributed by atoms with E-state index >= 15 is 0 Å². The monoisotopic (exact) mass is 217 g/mol. The van der Waals surface area contributed by atoms with Gasteiger partial charge in [0.25, 0.3) is 0 Å². The van der Waals surface area contributed by atoms with E-state index in [4.69, 9.17) is 23.1 Å². The van der Waals surface area contributed by atoms with E-state index in [0.717, 1.165) is 0 Å². The summed E-state index contributed by atoms with van der Waals surface area (Å²) < 4.78 is 0. The number of rotatable bonds is 6. The summed E-state index contributed by atoms with van der Waals surface area (Å²) in [5.41, 5.74) is 4.85. The van der Waals surface area contributed by atoms with Gasteiger partial charge >= 0.3 is 5.97 Å². The highest BCUT2D eigenvalue weighted by Crippen LogP contribution is 2.09. The van der Waals surface area contributed by atoms with Crippen LogP contribution in [0, 0.1) is 5.92 Å². The average Bonchev–Trinajstić information content (AvgIpc) is 1.97. The number of ketones is 1. The minimum absolute atomic E-state index is 0.0452. The number of carbonyl (C=O) groups excluding carboxylic acids is 2. The molecule has 6 heteroatoms. The molecule has 0 rings (SSSR count). The molecule has 0 spiro atoms. The van der Waals surface area contributed by atoms with E-state index in [0.29, 0.717) is 0 Å². The standard InChI is InChI=1S/C8H11NO4S/c1-4(10)2-6(14)5(8(12)13)3-7(9)11/h5H,2-3H2,1H3,(H2,9,11)(H,12,13)/t5-/m1/s1. The fourth-order valence-electron chi connectivity index (χ4n) is 0.909. The molecule has 0 unspecified atom stereocenters. The van der Waals surface area contributed by atoms with Crippen LogP contribution < -0.4 is 5.73 Å². The van der Waals surface area contributed by atoms with Crippen LogP contribution in [0.3, 0.4) is 0 Å². The van der Waals surface area contributed by atoms with Crippen molar-refractivity contribution in [2.75, 3.05) is 0 Å². The molecule has 14 heavy (non-hydrogen) atoms. The topological polar surface area (TPSA) is 97.5 Å². The summed E-state index contributed by atoms with van der Waals surface area (Å²) in [5, 5.41) is 8.70. The van der Waals surface area contributed by atoms with Gasteiger partial charge < -0.3 is 10.8 Å². The fraction of sp³-hybridized carbons (Fsp3) is 0.500. The molecule has 0 fully saturated rings. The van der Waals surface area contributed by atoms with Gasteiger partial charge in [-0.05, 0) is 6.92 Å². The van der Waals surface area contributed by atoms with Crippen molar-refractivity contribution in [3.05, 3.63) is 0 Å². The molecule has 5 nitrogen and oxygen atoms in total. The summed E-state index contributed by atoms with van der Waals surface area (Å²) in [7, 11) is 0. The largest absolute Gasteiger partial charge is 0.481 e. The van der Waals surface area contributed by atoms with Crippen LogP contribution in [0.2, 0.25) is 0 Å². The van der Waals surface area contributed by atoms with Gasteiger partial charge in [-0.3, -0.25) is 14.4 Å². The lowest BCUT2D eigenvalue weighted by atomic mass is 9.98. The van der Waals surface area contributed by atoms with Crippen LogP contribution >= 0.6 is 12.2 Å². The van der Waals surface area contributed by atoms with Crippen LogP contribution in [0.4, 0.5) is 0 Å². The Morgan fingerprint density at radius 2 is 1.93 bits per heavy atom. The number of amides is 1. The summed E-state index contributed by atoms with van der Waals surface area (Å²) in [6.45, 7) is 1.30. The average molecular weight is 217 g/mol. The molecule has 0 heterocycles. The van der Waals surface area contributed by atoms with E-state index < -0.39 is 17.8 Å². The second-order valence-corrected chi connectivity index (χ2v) is 3.43. The van der Waals surface area contributed by atoms with Crippen LogP contribution in [-0.2, 0) is 14.4 Å². The molecule has 0 saturated carbocycles. The zero-order valence-electron chi connectivity index (χ0n) is 7.65. The van der Waals surface area contributed by atoms with Crippen molar-refractivity contribution in [1.29, 1.82) is 0 Å². The molecule has 0 saturated heterocycles. The Morgan fingerprint density at radius 3 is 2.21 bits per heavy atom. The van der Waals surface area contributed by atoms with Gasteiger partial charge in [-0.2, -0.15) is 0 Å². The maximum absolute atomic E-state index is 10.7. The number of aliphatic carboxylic acids is 1. The number of thiocarbonyl (C=S) groups is 1. The van der Waals surface area contributed by atoms with E-state index in [-0.39, 0.29) is 23.5 Å². The Hall–Kier alpha value is -1.30. The number of Topliss-reactive ketones (excluding diaryl/α,β-unsaturated/α-hetero) is 1. The maximum Gasteiger partial charge on any atom is 0.312 e. The smallest absolute Gasteiger partial charge is 0.312 e. The first-order chi connectivity index (χ1) is 6.34. The number of hydrogen-bond donors (Lipinski definition) is 2. The Morgan fingerprint density at radius 1 is 1.43 bits per heavy atom. The van der Waals surface area contributed by atoms with Gasteiger partial charge in [0.1, 0.15) is 5.78 Å². The molecule has 0 aliphatic rings. The molecule has 0 aromatic rings. The van der Waals surface area contributed by atoms with Crippen LogP contribution in [-0.4, -0.2) is 27.6 Å². The number of carboxylic acids is 1. The predicted octanol–water partition coefficient (Wildman–Crippen LogP) is -0.0884. The molecular formula is C8H11NO4S. The number of carbonyl (C=O) groups is 3. The van der Waals surface area contributed by atoms with Gasteiger partial charge in [0, 0.05) is 17.7 Å².